The number of rotatable bonds is 6. The number of amides is 1. The number of benzene rings is 2. The minimum absolute atomic E-state index is 0.0349. The molecule has 9 heteroatoms. The van der Waals surface area contributed by atoms with Crippen molar-refractivity contribution < 1.29 is 17.9 Å². The van der Waals surface area contributed by atoms with Crippen molar-refractivity contribution in [3.05, 3.63) is 64.1 Å². The summed E-state index contributed by atoms with van der Waals surface area (Å²) in [6.45, 7) is 4.34. The molecular formula is C21H24Cl2N2O4S. The summed E-state index contributed by atoms with van der Waals surface area (Å²) in [6.07, 6.45) is -0.224. The van der Waals surface area contributed by atoms with E-state index < -0.39 is 10.0 Å². The van der Waals surface area contributed by atoms with Gasteiger partial charge in [-0.15, -0.1) is 0 Å². The van der Waals surface area contributed by atoms with Crippen molar-refractivity contribution in [3.63, 3.8) is 0 Å². The molecule has 0 unspecified atom stereocenters. The third-order valence-corrected chi connectivity index (χ3v) is 7.31. The molecule has 1 fully saturated rings. The van der Waals surface area contributed by atoms with Gasteiger partial charge in [0, 0.05) is 24.7 Å². The first-order valence-electron chi connectivity index (χ1n) is 9.59. The largest absolute Gasteiger partial charge is 0.372 e. The maximum atomic E-state index is 13.4. The summed E-state index contributed by atoms with van der Waals surface area (Å²) in [5, 5.41) is 0.304. The molecule has 0 saturated carbocycles. The molecule has 1 aliphatic rings. The highest BCUT2D eigenvalue weighted by atomic mass is 35.5. The van der Waals surface area contributed by atoms with E-state index in [-0.39, 0.29) is 46.1 Å². The first kappa shape index (κ1) is 23.0. The Kier molecular flexibility index (Phi) is 7.42. The molecule has 6 nitrogen and oxygen atoms in total. The number of carbonyl (C=O) groups excluding carboxylic acids is 1. The third kappa shape index (κ3) is 5.53. The number of ether oxygens (including phenoxy) is 1. The Balaban J connectivity index is 1.92. The number of hydrogen-bond acceptors (Lipinski definition) is 4. The summed E-state index contributed by atoms with van der Waals surface area (Å²) < 4.78 is 33.7. The van der Waals surface area contributed by atoms with E-state index in [9.17, 15) is 13.2 Å². The first-order chi connectivity index (χ1) is 14.2. The second-order valence-electron chi connectivity index (χ2n) is 7.39. The summed E-state index contributed by atoms with van der Waals surface area (Å²) in [7, 11) is -4.08. The average molecular weight is 471 g/mol. The first-order valence-corrected chi connectivity index (χ1v) is 11.8. The summed E-state index contributed by atoms with van der Waals surface area (Å²) in [6, 6.07) is 13.4. The lowest BCUT2D eigenvalue weighted by Gasteiger charge is -2.36. The van der Waals surface area contributed by atoms with Gasteiger partial charge in [-0.05, 0) is 37.6 Å². The molecule has 1 saturated heterocycles. The van der Waals surface area contributed by atoms with Crippen LogP contribution in [-0.4, -0.2) is 55.4 Å². The number of nitrogens with zero attached hydrogens (tertiary/aromatic N) is 2. The van der Waals surface area contributed by atoms with E-state index in [2.05, 4.69) is 0 Å². The van der Waals surface area contributed by atoms with Crippen LogP contribution in [0.3, 0.4) is 0 Å². The maximum Gasteiger partial charge on any atom is 0.245 e. The maximum absolute atomic E-state index is 13.4. The van der Waals surface area contributed by atoms with Crippen molar-refractivity contribution in [2.24, 2.45) is 0 Å². The molecule has 1 aliphatic heterocycles. The Morgan fingerprint density at radius 2 is 1.73 bits per heavy atom. The van der Waals surface area contributed by atoms with Gasteiger partial charge in [0.25, 0.3) is 0 Å². The van der Waals surface area contributed by atoms with Gasteiger partial charge >= 0.3 is 0 Å². The number of morpholine rings is 1. The van der Waals surface area contributed by atoms with Crippen LogP contribution in [0.5, 0.6) is 0 Å². The SMILES string of the molecule is C[C@H]1CN(C(=O)CN(Cc2ccccc2)S(=O)(=O)c2cc(Cl)ccc2Cl)C[C@H](C)O1. The van der Waals surface area contributed by atoms with E-state index in [4.69, 9.17) is 27.9 Å². The summed E-state index contributed by atoms with van der Waals surface area (Å²) in [5.41, 5.74) is 0.760. The second kappa shape index (κ2) is 9.66. The Bertz CT molecular complexity index is 991. The number of hydrogen-bond donors (Lipinski definition) is 0. The Labute approximate surface area is 187 Å². The number of halogens is 2. The lowest BCUT2D eigenvalue weighted by atomic mass is 10.2. The molecule has 2 atom stereocenters. The monoisotopic (exact) mass is 470 g/mol. The van der Waals surface area contributed by atoms with Crippen LogP contribution in [0.4, 0.5) is 0 Å². The van der Waals surface area contributed by atoms with Gasteiger partial charge in [-0.1, -0.05) is 53.5 Å². The van der Waals surface area contributed by atoms with Crippen molar-refractivity contribution in [1.82, 2.24) is 9.21 Å². The molecule has 0 radical (unpaired) electrons. The van der Waals surface area contributed by atoms with Gasteiger partial charge in [-0.3, -0.25) is 4.79 Å². The van der Waals surface area contributed by atoms with Crippen molar-refractivity contribution in [3.8, 4) is 0 Å². The van der Waals surface area contributed by atoms with Crippen LogP contribution in [-0.2, 0) is 26.1 Å². The fraction of sp³-hybridized carbons (Fsp3) is 0.381. The zero-order valence-corrected chi connectivity index (χ0v) is 19.1. The van der Waals surface area contributed by atoms with E-state index in [0.717, 1.165) is 9.87 Å². The van der Waals surface area contributed by atoms with Crippen LogP contribution >= 0.6 is 23.2 Å². The lowest BCUT2D eigenvalue weighted by molar-refractivity contribution is -0.143. The minimum Gasteiger partial charge on any atom is -0.372 e. The molecule has 0 aromatic heterocycles. The summed E-state index contributed by atoms with van der Waals surface area (Å²) in [5.74, 6) is -0.283. The molecule has 0 bridgehead atoms. The van der Waals surface area contributed by atoms with E-state index in [1.54, 1.807) is 4.90 Å². The molecule has 0 N–H and O–H groups in total. The Morgan fingerprint density at radius 3 is 2.37 bits per heavy atom. The van der Waals surface area contributed by atoms with E-state index in [0.29, 0.717) is 13.1 Å². The standard InChI is InChI=1S/C21H24Cl2N2O4S/c1-15-11-24(12-16(2)29-15)21(26)14-25(13-17-6-4-3-5-7-17)30(27,28)20-10-18(22)8-9-19(20)23/h3-10,15-16H,11-14H2,1-2H3/t15-,16-/m0/s1. The molecule has 1 heterocycles. The molecule has 1 amide bonds. The van der Waals surface area contributed by atoms with Crippen LogP contribution in [0, 0.1) is 0 Å². The fourth-order valence-corrected chi connectivity index (χ4v) is 5.57. The van der Waals surface area contributed by atoms with Crippen molar-refractivity contribution in [2.75, 3.05) is 19.6 Å². The fourth-order valence-electron chi connectivity index (χ4n) is 3.46. The average Bonchev–Trinajstić information content (AvgIpc) is 2.69. The number of sulfonamides is 1. The van der Waals surface area contributed by atoms with Gasteiger partial charge < -0.3 is 9.64 Å². The molecule has 0 aliphatic carbocycles. The highest BCUT2D eigenvalue weighted by Gasteiger charge is 2.32. The summed E-state index contributed by atoms with van der Waals surface area (Å²) in [4.78, 5) is 14.5. The van der Waals surface area contributed by atoms with Gasteiger partial charge in [0.05, 0.1) is 23.8 Å². The minimum atomic E-state index is -4.08. The van der Waals surface area contributed by atoms with Crippen LogP contribution < -0.4 is 0 Å². The van der Waals surface area contributed by atoms with Crippen molar-refractivity contribution in [2.45, 2.75) is 37.5 Å². The highest BCUT2D eigenvalue weighted by molar-refractivity contribution is 7.89. The normalized spacial score (nSPS) is 19.8. The van der Waals surface area contributed by atoms with Crippen molar-refractivity contribution >= 4 is 39.1 Å². The third-order valence-electron chi connectivity index (χ3n) is 4.80. The summed E-state index contributed by atoms with van der Waals surface area (Å²) >= 11 is 12.2. The molecule has 3 rings (SSSR count). The van der Waals surface area contributed by atoms with Crippen LogP contribution in [0.15, 0.2) is 53.4 Å². The van der Waals surface area contributed by atoms with E-state index in [1.807, 2.05) is 44.2 Å². The predicted octanol–water partition coefficient (Wildman–Crippen LogP) is 3.82. The quantitative estimate of drug-likeness (QED) is 0.643. The number of carbonyl (C=O) groups is 1. The topological polar surface area (TPSA) is 66.9 Å². The molecular weight excluding hydrogens is 447 g/mol. The molecule has 2 aromatic carbocycles. The van der Waals surface area contributed by atoms with Gasteiger partial charge in [-0.2, -0.15) is 4.31 Å². The molecule has 30 heavy (non-hydrogen) atoms. The lowest BCUT2D eigenvalue weighted by Crippen LogP contribution is -2.51. The molecule has 162 valence electrons. The zero-order valence-electron chi connectivity index (χ0n) is 16.8. The Morgan fingerprint density at radius 1 is 1.10 bits per heavy atom. The van der Waals surface area contributed by atoms with Gasteiger partial charge in [0.15, 0.2) is 0 Å². The van der Waals surface area contributed by atoms with Gasteiger partial charge in [0.2, 0.25) is 15.9 Å². The zero-order chi connectivity index (χ0) is 21.9. The van der Waals surface area contributed by atoms with Crippen molar-refractivity contribution in [1.29, 1.82) is 0 Å². The van der Waals surface area contributed by atoms with Crippen LogP contribution in [0.2, 0.25) is 10.0 Å². The highest BCUT2D eigenvalue weighted by Crippen LogP contribution is 2.29. The second-order valence-corrected chi connectivity index (χ2v) is 10.1. The van der Waals surface area contributed by atoms with Crippen LogP contribution in [0.25, 0.3) is 0 Å². The van der Waals surface area contributed by atoms with Crippen LogP contribution in [0.1, 0.15) is 19.4 Å². The van der Waals surface area contributed by atoms with Gasteiger partial charge in [0.1, 0.15) is 4.90 Å². The molecule has 0 spiro atoms. The Hall–Kier alpha value is -1.64. The van der Waals surface area contributed by atoms with E-state index >= 15 is 0 Å². The van der Waals surface area contributed by atoms with Gasteiger partial charge in [-0.25, -0.2) is 8.42 Å². The van der Waals surface area contributed by atoms with E-state index in [1.165, 1.54) is 18.2 Å². The molecule has 2 aromatic rings. The smallest absolute Gasteiger partial charge is 0.245 e. The predicted molar refractivity (Wildman–Crippen MR) is 117 cm³/mol.